The van der Waals surface area contributed by atoms with Gasteiger partial charge >= 0.3 is 6.03 Å². The molecule has 17 heavy (non-hydrogen) atoms. The van der Waals surface area contributed by atoms with E-state index in [1.807, 2.05) is 38.2 Å². The Balaban J connectivity index is 2.92. The zero-order valence-corrected chi connectivity index (χ0v) is 10.8. The first-order valence-electron chi connectivity index (χ1n) is 5.98. The first kappa shape index (κ1) is 13.4. The van der Waals surface area contributed by atoms with Gasteiger partial charge in [-0.15, -0.1) is 0 Å². The van der Waals surface area contributed by atoms with Gasteiger partial charge in [0.05, 0.1) is 0 Å². The maximum Gasteiger partial charge on any atom is 0.324 e. The average Bonchev–Trinajstić information content (AvgIpc) is 2.35. The average molecular weight is 235 g/mol. The normalized spacial score (nSPS) is 10.1. The fourth-order valence-electron chi connectivity index (χ4n) is 1.55. The summed E-state index contributed by atoms with van der Waals surface area (Å²) in [4.78, 5) is 15.7. The molecule has 0 heterocycles. The van der Waals surface area contributed by atoms with E-state index in [9.17, 15) is 4.79 Å². The monoisotopic (exact) mass is 235 g/mol. The van der Waals surface area contributed by atoms with Crippen LogP contribution >= 0.6 is 0 Å². The summed E-state index contributed by atoms with van der Waals surface area (Å²) in [7, 11) is 1.81. The van der Waals surface area contributed by atoms with E-state index in [1.54, 1.807) is 9.80 Å². The van der Waals surface area contributed by atoms with E-state index in [0.29, 0.717) is 18.8 Å². The summed E-state index contributed by atoms with van der Waals surface area (Å²) < 4.78 is 0. The van der Waals surface area contributed by atoms with Gasteiger partial charge in [-0.1, -0.05) is 6.92 Å². The number of carbonyl (C=O) groups excluding carboxylic acids is 1. The fourth-order valence-corrected chi connectivity index (χ4v) is 1.55. The van der Waals surface area contributed by atoms with E-state index in [4.69, 9.17) is 5.73 Å². The highest BCUT2D eigenvalue weighted by atomic mass is 16.2. The highest BCUT2D eigenvalue weighted by Crippen LogP contribution is 2.18. The molecule has 2 N–H and O–H groups in total. The molecular weight excluding hydrogens is 214 g/mol. The molecule has 1 rings (SSSR count). The molecule has 0 aliphatic carbocycles. The predicted molar refractivity (Wildman–Crippen MR) is 72.2 cm³/mol. The Morgan fingerprint density at radius 3 is 2.29 bits per heavy atom. The molecule has 1 aromatic rings. The molecule has 0 aliphatic rings. The second kappa shape index (κ2) is 6.13. The maximum absolute atomic E-state index is 12.2. The summed E-state index contributed by atoms with van der Waals surface area (Å²) in [6.07, 6.45) is 0.924. The zero-order chi connectivity index (χ0) is 12.8. The summed E-state index contributed by atoms with van der Waals surface area (Å²) in [5.41, 5.74) is 7.25. The molecule has 1 aromatic carbocycles. The fraction of sp³-hybridized carbons (Fsp3) is 0.462. The Morgan fingerprint density at radius 2 is 1.82 bits per heavy atom. The van der Waals surface area contributed by atoms with Gasteiger partial charge in [-0.25, -0.2) is 4.79 Å². The number of amides is 2. The number of hydrogen-bond acceptors (Lipinski definition) is 2. The third-order valence-electron chi connectivity index (χ3n) is 2.68. The van der Waals surface area contributed by atoms with Crippen LogP contribution in [0, 0.1) is 0 Å². The number of urea groups is 1. The second-order valence-electron chi connectivity index (χ2n) is 4.04. The van der Waals surface area contributed by atoms with Crippen LogP contribution in [0.2, 0.25) is 0 Å². The minimum Gasteiger partial charge on any atom is -0.399 e. The molecule has 4 heteroatoms. The summed E-state index contributed by atoms with van der Waals surface area (Å²) >= 11 is 0. The van der Waals surface area contributed by atoms with Gasteiger partial charge in [0.1, 0.15) is 0 Å². The molecule has 0 saturated heterocycles. The van der Waals surface area contributed by atoms with Crippen LogP contribution in [0.3, 0.4) is 0 Å². The molecule has 0 saturated carbocycles. The van der Waals surface area contributed by atoms with Gasteiger partial charge in [-0.05, 0) is 37.6 Å². The van der Waals surface area contributed by atoms with E-state index in [-0.39, 0.29) is 6.03 Å². The van der Waals surface area contributed by atoms with E-state index >= 15 is 0 Å². The van der Waals surface area contributed by atoms with Crippen LogP contribution < -0.4 is 10.6 Å². The molecular formula is C13H21N3O. The van der Waals surface area contributed by atoms with E-state index < -0.39 is 0 Å². The summed E-state index contributed by atoms with van der Waals surface area (Å²) in [5.74, 6) is 0. The molecule has 0 radical (unpaired) electrons. The highest BCUT2D eigenvalue weighted by molar-refractivity contribution is 5.92. The van der Waals surface area contributed by atoms with Gasteiger partial charge in [-0.3, -0.25) is 4.90 Å². The van der Waals surface area contributed by atoms with Crippen LogP contribution in [0.25, 0.3) is 0 Å². The first-order valence-corrected chi connectivity index (χ1v) is 5.98. The standard InChI is InChI=1S/C13H21N3O/c1-4-10-16(13(17)15(3)5-2)12-8-6-11(14)7-9-12/h6-9H,4-5,10,14H2,1-3H3. The maximum atomic E-state index is 12.2. The lowest BCUT2D eigenvalue weighted by molar-refractivity contribution is 0.217. The third kappa shape index (κ3) is 3.37. The SMILES string of the molecule is CCCN(C(=O)N(C)CC)c1ccc(N)cc1. The Bertz CT molecular complexity index is 361. The molecule has 2 amide bonds. The lowest BCUT2D eigenvalue weighted by atomic mass is 10.2. The molecule has 94 valence electrons. The highest BCUT2D eigenvalue weighted by Gasteiger charge is 2.17. The Labute approximate surface area is 103 Å². The Hall–Kier alpha value is -1.71. The number of anilines is 2. The molecule has 0 aromatic heterocycles. The first-order chi connectivity index (χ1) is 8.10. The van der Waals surface area contributed by atoms with Crippen LogP contribution in [0.4, 0.5) is 16.2 Å². The van der Waals surface area contributed by atoms with Crippen LogP contribution in [-0.4, -0.2) is 31.1 Å². The van der Waals surface area contributed by atoms with Crippen LogP contribution in [0.15, 0.2) is 24.3 Å². The van der Waals surface area contributed by atoms with Crippen molar-refractivity contribution in [3.63, 3.8) is 0 Å². The van der Waals surface area contributed by atoms with Crippen molar-refractivity contribution in [3.05, 3.63) is 24.3 Å². The number of nitrogens with two attached hydrogens (primary N) is 1. The van der Waals surface area contributed by atoms with Crippen molar-refractivity contribution < 1.29 is 4.79 Å². The predicted octanol–water partition coefficient (Wildman–Crippen LogP) is 2.56. The topological polar surface area (TPSA) is 49.6 Å². The molecule has 0 bridgehead atoms. The number of rotatable bonds is 4. The molecule has 0 spiro atoms. The number of benzene rings is 1. The van der Waals surface area contributed by atoms with Crippen molar-refractivity contribution in [1.29, 1.82) is 0 Å². The molecule has 0 unspecified atom stereocenters. The van der Waals surface area contributed by atoms with Crippen molar-refractivity contribution in [3.8, 4) is 0 Å². The van der Waals surface area contributed by atoms with Gasteiger partial charge < -0.3 is 10.6 Å². The van der Waals surface area contributed by atoms with Crippen molar-refractivity contribution in [2.75, 3.05) is 30.8 Å². The van der Waals surface area contributed by atoms with Crippen molar-refractivity contribution in [1.82, 2.24) is 4.90 Å². The largest absolute Gasteiger partial charge is 0.399 e. The summed E-state index contributed by atoms with van der Waals surface area (Å²) in [6.45, 7) is 5.44. The van der Waals surface area contributed by atoms with Crippen LogP contribution in [-0.2, 0) is 0 Å². The molecule has 0 aliphatic heterocycles. The van der Waals surface area contributed by atoms with Gasteiger partial charge in [0.25, 0.3) is 0 Å². The summed E-state index contributed by atoms with van der Waals surface area (Å²) in [5, 5.41) is 0. The van der Waals surface area contributed by atoms with Gasteiger partial charge in [0.15, 0.2) is 0 Å². The van der Waals surface area contributed by atoms with Gasteiger partial charge in [0.2, 0.25) is 0 Å². The summed E-state index contributed by atoms with van der Waals surface area (Å²) in [6, 6.07) is 7.42. The number of nitrogen functional groups attached to an aromatic ring is 1. The molecule has 0 fully saturated rings. The minimum absolute atomic E-state index is 0.0270. The molecule has 0 atom stereocenters. The van der Waals surface area contributed by atoms with Crippen molar-refractivity contribution in [2.24, 2.45) is 0 Å². The smallest absolute Gasteiger partial charge is 0.324 e. The van der Waals surface area contributed by atoms with Crippen molar-refractivity contribution in [2.45, 2.75) is 20.3 Å². The van der Waals surface area contributed by atoms with Crippen LogP contribution in [0.1, 0.15) is 20.3 Å². The number of hydrogen-bond donors (Lipinski definition) is 1. The van der Waals surface area contributed by atoms with E-state index in [1.165, 1.54) is 0 Å². The third-order valence-corrected chi connectivity index (χ3v) is 2.68. The lowest BCUT2D eigenvalue weighted by Gasteiger charge is -2.27. The quantitative estimate of drug-likeness (QED) is 0.815. The van der Waals surface area contributed by atoms with Gasteiger partial charge in [-0.2, -0.15) is 0 Å². The lowest BCUT2D eigenvalue weighted by Crippen LogP contribution is -2.41. The van der Waals surface area contributed by atoms with E-state index in [0.717, 1.165) is 12.1 Å². The Kier molecular flexibility index (Phi) is 4.82. The Morgan fingerprint density at radius 1 is 1.24 bits per heavy atom. The number of nitrogens with zero attached hydrogens (tertiary/aromatic N) is 2. The number of carbonyl (C=O) groups is 1. The van der Waals surface area contributed by atoms with E-state index in [2.05, 4.69) is 6.92 Å². The second-order valence-corrected chi connectivity index (χ2v) is 4.04. The molecule has 4 nitrogen and oxygen atoms in total. The van der Waals surface area contributed by atoms with Crippen LogP contribution in [0.5, 0.6) is 0 Å². The zero-order valence-electron chi connectivity index (χ0n) is 10.8. The van der Waals surface area contributed by atoms with Crippen molar-refractivity contribution >= 4 is 17.4 Å². The minimum atomic E-state index is 0.0270. The van der Waals surface area contributed by atoms with Gasteiger partial charge in [0, 0.05) is 31.5 Å².